The molecule has 0 aromatic heterocycles. The normalized spacial score (nSPS) is 9.73. The average Bonchev–Trinajstić information content (AvgIpc) is 2.04. The Kier molecular flexibility index (Phi) is 2.77. The zero-order valence-electron chi connectivity index (χ0n) is 6.43. The quantitative estimate of drug-likeness (QED) is 0.619. The van der Waals surface area contributed by atoms with Crippen LogP contribution in [-0.2, 0) is 5.88 Å². The van der Waals surface area contributed by atoms with E-state index in [1.165, 1.54) is 0 Å². The van der Waals surface area contributed by atoms with E-state index in [4.69, 9.17) is 16.3 Å². The number of rotatable bonds is 2. The van der Waals surface area contributed by atoms with Crippen LogP contribution in [0, 0.1) is 14.0 Å². The second kappa shape index (κ2) is 3.63. The minimum absolute atomic E-state index is 0.463. The highest BCUT2D eigenvalue weighted by Crippen LogP contribution is 2.21. The first kappa shape index (κ1) is 8.41. The highest BCUT2D eigenvalue weighted by molar-refractivity contribution is 6.17. The van der Waals surface area contributed by atoms with Gasteiger partial charge in [0.05, 0.1) is 5.88 Å². The van der Waals surface area contributed by atoms with Crippen LogP contribution < -0.4 is 4.74 Å². The Labute approximate surface area is 71.9 Å². The molecule has 1 nitrogen and oxygen atoms in total. The summed E-state index contributed by atoms with van der Waals surface area (Å²) in [5, 5.41) is 0. The van der Waals surface area contributed by atoms with Crippen molar-refractivity contribution < 1.29 is 4.74 Å². The SMILES string of the molecule is [CH2]Oc1cc(C)ccc1CCl. The van der Waals surface area contributed by atoms with E-state index in [0.29, 0.717) is 5.88 Å². The lowest BCUT2D eigenvalue weighted by Crippen LogP contribution is -1.87. The lowest BCUT2D eigenvalue weighted by atomic mass is 10.1. The topological polar surface area (TPSA) is 9.23 Å². The van der Waals surface area contributed by atoms with Crippen LogP contribution in [0.5, 0.6) is 5.75 Å². The molecule has 1 aromatic rings. The smallest absolute Gasteiger partial charge is 0.124 e. The molecule has 1 aromatic carbocycles. The van der Waals surface area contributed by atoms with Crippen LogP contribution in [0.1, 0.15) is 11.1 Å². The van der Waals surface area contributed by atoms with Crippen molar-refractivity contribution in [2.75, 3.05) is 0 Å². The third-order valence-corrected chi connectivity index (χ3v) is 1.81. The molecular formula is C9H10ClO. The number of ether oxygens (including phenoxy) is 1. The summed E-state index contributed by atoms with van der Waals surface area (Å²) in [5.74, 6) is 1.23. The van der Waals surface area contributed by atoms with Crippen LogP contribution in [0.4, 0.5) is 0 Å². The zero-order valence-corrected chi connectivity index (χ0v) is 7.19. The van der Waals surface area contributed by atoms with Gasteiger partial charge in [-0.1, -0.05) is 12.1 Å². The maximum Gasteiger partial charge on any atom is 0.124 e. The Balaban J connectivity index is 3.06. The van der Waals surface area contributed by atoms with Crippen LogP contribution in [0.2, 0.25) is 0 Å². The molecule has 59 valence electrons. The van der Waals surface area contributed by atoms with Crippen molar-refractivity contribution in [1.29, 1.82) is 0 Å². The van der Waals surface area contributed by atoms with Crippen molar-refractivity contribution >= 4 is 11.6 Å². The molecule has 0 heterocycles. The summed E-state index contributed by atoms with van der Waals surface area (Å²) < 4.78 is 4.88. The van der Waals surface area contributed by atoms with E-state index < -0.39 is 0 Å². The molecule has 0 saturated heterocycles. The molecule has 0 saturated carbocycles. The number of alkyl halides is 1. The Morgan fingerprint density at radius 3 is 2.82 bits per heavy atom. The van der Waals surface area contributed by atoms with Crippen molar-refractivity contribution in [3.63, 3.8) is 0 Å². The monoisotopic (exact) mass is 169 g/mol. The van der Waals surface area contributed by atoms with Gasteiger partial charge in [0, 0.05) is 5.56 Å². The molecule has 0 amide bonds. The van der Waals surface area contributed by atoms with Gasteiger partial charge in [0.1, 0.15) is 12.9 Å². The van der Waals surface area contributed by atoms with Crippen molar-refractivity contribution in [1.82, 2.24) is 0 Å². The second-order valence-corrected chi connectivity index (χ2v) is 2.66. The Morgan fingerprint density at radius 2 is 2.27 bits per heavy atom. The minimum Gasteiger partial charge on any atom is -0.490 e. The van der Waals surface area contributed by atoms with Gasteiger partial charge in [-0.3, -0.25) is 0 Å². The summed E-state index contributed by atoms with van der Waals surface area (Å²) >= 11 is 5.66. The Morgan fingerprint density at radius 1 is 1.55 bits per heavy atom. The molecule has 0 atom stereocenters. The summed E-state index contributed by atoms with van der Waals surface area (Å²) in [4.78, 5) is 0. The summed E-state index contributed by atoms with van der Waals surface area (Å²) in [6.45, 7) is 2.00. The first-order chi connectivity index (χ1) is 5.27. The highest BCUT2D eigenvalue weighted by Gasteiger charge is 1.99. The maximum absolute atomic E-state index is 5.66. The van der Waals surface area contributed by atoms with Gasteiger partial charge in [-0.2, -0.15) is 0 Å². The van der Waals surface area contributed by atoms with E-state index in [2.05, 4.69) is 7.11 Å². The molecule has 2 heteroatoms. The molecule has 0 aliphatic heterocycles. The van der Waals surface area contributed by atoms with E-state index in [0.717, 1.165) is 16.9 Å². The van der Waals surface area contributed by atoms with E-state index >= 15 is 0 Å². The first-order valence-corrected chi connectivity index (χ1v) is 3.89. The Bertz CT molecular complexity index is 245. The lowest BCUT2D eigenvalue weighted by molar-refractivity contribution is 0.468. The third-order valence-electron chi connectivity index (χ3n) is 1.52. The summed E-state index contributed by atoms with van der Waals surface area (Å²) in [6.07, 6.45) is 0. The van der Waals surface area contributed by atoms with Gasteiger partial charge < -0.3 is 4.74 Å². The maximum atomic E-state index is 5.66. The van der Waals surface area contributed by atoms with E-state index in [9.17, 15) is 0 Å². The number of aryl methyl sites for hydroxylation is 1. The van der Waals surface area contributed by atoms with Gasteiger partial charge in [-0.15, -0.1) is 11.6 Å². The van der Waals surface area contributed by atoms with E-state index in [-0.39, 0.29) is 0 Å². The molecule has 0 aliphatic rings. The largest absolute Gasteiger partial charge is 0.490 e. The second-order valence-electron chi connectivity index (χ2n) is 2.39. The van der Waals surface area contributed by atoms with Gasteiger partial charge in [-0.25, -0.2) is 0 Å². The lowest BCUT2D eigenvalue weighted by Gasteiger charge is -2.05. The molecule has 0 N–H and O–H groups in total. The summed E-state index contributed by atoms with van der Waals surface area (Å²) in [6, 6.07) is 5.87. The zero-order chi connectivity index (χ0) is 8.27. The number of benzene rings is 1. The molecular weight excluding hydrogens is 160 g/mol. The van der Waals surface area contributed by atoms with Gasteiger partial charge in [0.2, 0.25) is 0 Å². The first-order valence-electron chi connectivity index (χ1n) is 3.35. The number of hydrogen-bond donors (Lipinski definition) is 0. The predicted molar refractivity (Wildman–Crippen MR) is 46.7 cm³/mol. The number of hydrogen-bond acceptors (Lipinski definition) is 1. The van der Waals surface area contributed by atoms with Crippen LogP contribution in [0.25, 0.3) is 0 Å². The van der Waals surface area contributed by atoms with Crippen LogP contribution in [-0.4, -0.2) is 0 Å². The predicted octanol–water partition coefficient (Wildman–Crippen LogP) is 2.90. The fraction of sp³-hybridized carbons (Fsp3) is 0.222. The molecule has 11 heavy (non-hydrogen) atoms. The van der Waals surface area contributed by atoms with E-state index in [1.807, 2.05) is 25.1 Å². The van der Waals surface area contributed by atoms with Gasteiger partial charge in [0.25, 0.3) is 0 Å². The van der Waals surface area contributed by atoms with Gasteiger partial charge >= 0.3 is 0 Å². The molecule has 0 fully saturated rings. The molecule has 0 unspecified atom stereocenters. The third kappa shape index (κ3) is 1.87. The average molecular weight is 170 g/mol. The summed E-state index contributed by atoms with van der Waals surface area (Å²) in [5.41, 5.74) is 2.13. The van der Waals surface area contributed by atoms with Gasteiger partial charge in [0.15, 0.2) is 0 Å². The molecule has 0 bridgehead atoms. The van der Waals surface area contributed by atoms with Gasteiger partial charge in [-0.05, 0) is 18.6 Å². The minimum atomic E-state index is 0.463. The van der Waals surface area contributed by atoms with Crippen LogP contribution >= 0.6 is 11.6 Å². The molecule has 1 radical (unpaired) electrons. The Hall–Kier alpha value is -0.690. The number of halogens is 1. The molecule has 1 rings (SSSR count). The summed E-state index contributed by atoms with van der Waals surface area (Å²) in [7, 11) is 3.35. The molecule has 0 aliphatic carbocycles. The van der Waals surface area contributed by atoms with Crippen molar-refractivity contribution in [3.05, 3.63) is 36.4 Å². The highest BCUT2D eigenvalue weighted by atomic mass is 35.5. The fourth-order valence-corrected chi connectivity index (χ4v) is 1.13. The van der Waals surface area contributed by atoms with E-state index in [1.54, 1.807) is 0 Å². The van der Waals surface area contributed by atoms with Crippen LogP contribution in [0.3, 0.4) is 0 Å². The molecule has 0 spiro atoms. The van der Waals surface area contributed by atoms with Crippen molar-refractivity contribution in [3.8, 4) is 5.75 Å². The standard InChI is InChI=1S/C9H10ClO/c1-7-3-4-8(6-10)9(5-7)11-2/h3-5H,2,6H2,1H3. The van der Waals surface area contributed by atoms with Crippen molar-refractivity contribution in [2.45, 2.75) is 12.8 Å². The van der Waals surface area contributed by atoms with Crippen molar-refractivity contribution in [2.24, 2.45) is 0 Å². The fourth-order valence-electron chi connectivity index (χ4n) is 0.907. The van der Waals surface area contributed by atoms with Crippen LogP contribution in [0.15, 0.2) is 18.2 Å².